The maximum atomic E-state index is 9.75. The van der Waals surface area contributed by atoms with E-state index in [1.165, 1.54) is 18.2 Å². The third-order valence-corrected chi connectivity index (χ3v) is 1.63. The number of allylic oxidation sites excluding steroid dienone is 9. The zero-order chi connectivity index (χ0) is 19.2. The molecule has 0 unspecified atom stereocenters. The van der Waals surface area contributed by atoms with Crippen molar-refractivity contribution in [2.24, 2.45) is 0 Å². The molecular weight excluding hydrogens is 477 g/mol. The second kappa shape index (κ2) is 27.0. The third-order valence-electron chi connectivity index (χ3n) is 1.63. The van der Waals surface area contributed by atoms with E-state index < -0.39 is 17.9 Å². The Balaban J connectivity index is -0.000000130. The fraction of sp³-hybridized carbons (Fsp3) is 0.167. The van der Waals surface area contributed by atoms with E-state index in [4.69, 9.17) is 15.3 Å². The van der Waals surface area contributed by atoms with Crippen LogP contribution in [0.4, 0.5) is 0 Å². The molecule has 0 saturated heterocycles. The summed E-state index contributed by atoms with van der Waals surface area (Å²) in [6, 6.07) is 0. The first-order valence-corrected chi connectivity index (χ1v) is 6.88. The number of carbonyl (C=O) groups is 3. The van der Waals surface area contributed by atoms with Crippen molar-refractivity contribution in [1.82, 2.24) is 0 Å². The molecule has 0 aromatic heterocycles. The van der Waals surface area contributed by atoms with Gasteiger partial charge in [0.2, 0.25) is 0 Å². The van der Waals surface area contributed by atoms with Crippen LogP contribution in [0.1, 0.15) is 20.8 Å². The van der Waals surface area contributed by atoms with E-state index in [-0.39, 0.29) is 37.7 Å². The van der Waals surface area contributed by atoms with Crippen LogP contribution in [0.25, 0.3) is 0 Å². The number of carboxylic acid groups (broad SMARTS) is 3. The molecule has 0 fully saturated rings. The van der Waals surface area contributed by atoms with Crippen LogP contribution in [-0.2, 0) is 14.4 Å². The van der Waals surface area contributed by atoms with E-state index in [1.807, 2.05) is 20.8 Å². The van der Waals surface area contributed by atoms with Gasteiger partial charge in [-0.15, -0.1) is 0 Å². The first-order chi connectivity index (χ1) is 11.3. The Hall–Kier alpha value is -1.89. The normalized spacial score (nSPS) is 10.7. The standard InChI is InChI=1S/3C6H8O2.Ho/c3*1-2-3-4-5-6(7)8;/h3*2-5H,1H3,(H,7,8);/b3*3-2+,5-4+;. The molecule has 3 N–H and O–H groups in total. The van der Waals surface area contributed by atoms with Crippen LogP contribution < -0.4 is 0 Å². The van der Waals surface area contributed by atoms with Gasteiger partial charge in [0.15, 0.2) is 0 Å². The van der Waals surface area contributed by atoms with Crippen LogP contribution in [0.5, 0.6) is 0 Å². The van der Waals surface area contributed by atoms with Crippen LogP contribution >= 0.6 is 0 Å². The molecule has 0 saturated carbocycles. The van der Waals surface area contributed by atoms with E-state index in [2.05, 4.69) is 0 Å². The van der Waals surface area contributed by atoms with Gasteiger partial charge in [0.1, 0.15) is 0 Å². The molecule has 7 heteroatoms. The molecule has 0 aromatic carbocycles. The smallest absolute Gasteiger partial charge is 0.328 e. The maximum Gasteiger partial charge on any atom is 0.328 e. The summed E-state index contributed by atoms with van der Waals surface area (Å²) in [5, 5.41) is 24.1. The molecule has 0 aliphatic heterocycles. The third kappa shape index (κ3) is 52.0. The van der Waals surface area contributed by atoms with Gasteiger partial charge >= 0.3 is 17.9 Å². The minimum Gasteiger partial charge on any atom is -0.478 e. The molecule has 0 spiro atoms. The summed E-state index contributed by atoms with van der Waals surface area (Å²) < 4.78 is 0. The largest absolute Gasteiger partial charge is 0.478 e. The Morgan fingerprint density at radius 2 is 0.720 bits per heavy atom. The predicted octanol–water partition coefficient (Wildman–Crippen LogP) is 3.61. The number of hydrogen-bond acceptors (Lipinski definition) is 3. The van der Waals surface area contributed by atoms with Crippen LogP contribution in [-0.4, -0.2) is 33.2 Å². The van der Waals surface area contributed by atoms with Crippen molar-refractivity contribution in [2.75, 3.05) is 0 Å². The summed E-state index contributed by atoms with van der Waals surface area (Å²) in [6.45, 7) is 5.48. The van der Waals surface area contributed by atoms with Gasteiger partial charge in [0.05, 0.1) is 0 Å². The Labute approximate surface area is 178 Å². The number of rotatable bonds is 6. The maximum absolute atomic E-state index is 9.75. The summed E-state index contributed by atoms with van der Waals surface area (Å²) in [6.07, 6.45) is 17.9. The van der Waals surface area contributed by atoms with Crippen molar-refractivity contribution in [3.05, 3.63) is 72.9 Å². The summed E-state index contributed by atoms with van der Waals surface area (Å²) in [5.74, 6) is -2.74. The first kappa shape index (κ1) is 30.9. The van der Waals surface area contributed by atoms with Gasteiger partial charge in [-0.2, -0.15) is 0 Å². The Morgan fingerprint density at radius 3 is 0.840 bits per heavy atom. The Bertz CT molecular complexity index is 450. The second-order valence-electron chi connectivity index (χ2n) is 3.67. The molecule has 0 heterocycles. The topological polar surface area (TPSA) is 112 Å². The molecule has 143 valence electrons. The predicted molar refractivity (Wildman–Crippen MR) is 94.8 cm³/mol. The summed E-state index contributed by atoms with van der Waals surface area (Å²) >= 11 is 0. The van der Waals surface area contributed by atoms with E-state index in [1.54, 1.807) is 36.5 Å². The first-order valence-electron chi connectivity index (χ1n) is 6.88. The van der Waals surface area contributed by atoms with E-state index in [9.17, 15) is 14.4 Å². The van der Waals surface area contributed by atoms with Crippen LogP contribution in [0.3, 0.4) is 0 Å². The molecule has 0 amide bonds. The minimum atomic E-state index is -0.914. The molecule has 0 atom stereocenters. The molecule has 0 bridgehead atoms. The molecule has 0 rings (SSSR count). The number of hydrogen-bond donors (Lipinski definition) is 3. The van der Waals surface area contributed by atoms with Gasteiger partial charge in [0.25, 0.3) is 0 Å². The van der Waals surface area contributed by atoms with Crippen LogP contribution in [0, 0.1) is 37.7 Å². The van der Waals surface area contributed by atoms with Gasteiger partial charge in [-0.05, 0) is 20.8 Å². The van der Waals surface area contributed by atoms with Crippen molar-refractivity contribution < 1.29 is 67.4 Å². The zero-order valence-electron chi connectivity index (χ0n) is 14.3. The van der Waals surface area contributed by atoms with E-state index >= 15 is 0 Å². The van der Waals surface area contributed by atoms with Gasteiger partial charge in [-0.1, -0.05) is 54.7 Å². The molecule has 6 nitrogen and oxygen atoms in total. The Morgan fingerprint density at radius 1 is 0.520 bits per heavy atom. The Kier molecular flexibility index (Phi) is 33.4. The molecule has 0 aromatic rings. The molecule has 25 heavy (non-hydrogen) atoms. The number of aliphatic carboxylic acids is 3. The molecular formula is C18H24HoO6. The average molecular weight is 501 g/mol. The summed E-state index contributed by atoms with van der Waals surface area (Å²) in [5.41, 5.74) is 0. The van der Waals surface area contributed by atoms with Gasteiger partial charge in [-0.3, -0.25) is 0 Å². The quantitative estimate of drug-likeness (QED) is 0.291. The SMILES string of the molecule is C/C=C/C=C/C(=O)O.C/C=C/C=C/C(=O)O.C/C=C/C=C/C(=O)O.[Ho]. The molecule has 0 aliphatic rings. The van der Waals surface area contributed by atoms with E-state index in [0.29, 0.717) is 0 Å². The van der Waals surface area contributed by atoms with Crippen LogP contribution in [0.15, 0.2) is 72.9 Å². The van der Waals surface area contributed by atoms with Crippen molar-refractivity contribution in [1.29, 1.82) is 0 Å². The van der Waals surface area contributed by atoms with Crippen LogP contribution in [0.2, 0.25) is 0 Å². The van der Waals surface area contributed by atoms with E-state index in [0.717, 1.165) is 18.2 Å². The molecule has 1 radical (unpaired) electrons. The fourth-order valence-corrected chi connectivity index (χ4v) is 0.747. The van der Waals surface area contributed by atoms with Crippen molar-refractivity contribution in [3.8, 4) is 0 Å². The van der Waals surface area contributed by atoms with Crippen molar-refractivity contribution in [2.45, 2.75) is 20.8 Å². The van der Waals surface area contributed by atoms with Gasteiger partial charge in [0, 0.05) is 56.0 Å². The summed E-state index contributed by atoms with van der Waals surface area (Å²) in [7, 11) is 0. The number of carboxylic acids is 3. The fourth-order valence-electron chi connectivity index (χ4n) is 0.747. The van der Waals surface area contributed by atoms with Crippen molar-refractivity contribution >= 4 is 17.9 Å². The average Bonchev–Trinajstić information content (AvgIpc) is 2.48. The zero-order valence-corrected chi connectivity index (χ0v) is 16.2. The minimum absolute atomic E-state index is 0. The summed E-state index contributed by atoms with van der Waals surface area (Å²) in [4.78, 5) is 29.3. The van der Waals surface area contributed by atoms with Gasteiger partial charge < -0.3 is 15.3 Å². The van der Waals surface area contributed by atoms with Gasteiger partial charge in [-0.25, -0.2) is 14.4 Å². The molecule has 0 aliphatic carbocycles. The second-order valence-corrected chi connectivity index (χ2v) is 3.67. The van der Waals surface area contributed by atoms with Crippen molar-refractivity contribution in [3.63, 3.8) is 0 Å². The monoisotopic (exact) mass is 501 g/mol.